The van der Waals surface area contributed by atoms with E-state index < -0.39 is 23.3 Å². The molecule has 0 radical (unpaired) electrons. The molecule has 9 nitrogen and oxygen atoms in total. The number of amides is 2. The van der Waals surface area contributed by atoms with E-state index in [2.05, 4.69) is 20.7 Å². The SMILES string of the molecule is CC1(F)CCC(CNC(=O)c2cc(C(=O)NCc3ccc4c(c3)CC(=O)CO4)nc3c(F)cnn23)CC1. The van der Waals surface area contributed by atoms with Gasteiger partial charge < -0.3 is 15.4 Å². The summed E-state index contributed by atoms with van der Waals surface area (Å²) in [5, 5.41) is 9.42. The first-order valence-electron chi connectivity index (χ1n) is 12.2. The van der Waals surface area contributed by atoms with E-state index in [0.717, 1.165) is 21.8 Å². The number of fused-ring (bicyclic) bond motifs is 2. The summed E-state index contributed by atoms with van der Waals surface area (Å²) in [6.45, 7) is 2.12. The number of Topliss-reactive ketones (excluding diaryl/α,β-unsaturated/α-hetero) is 1. The molecule has 0 unspecified atom stereocenters. The maximum atomic E-state index is 14.3. The van der Waals surface area contributed by atoms with Gasteiger partial charge in [-0.2, -0.15) is 5.10 Å². The van der Waals surface area contributed by atoms with Gasteiger partial charge in [-0.25, -0.2) is 18.3 Å². The van der Waals surface area contributed by atoms with E-state index in [1.807, 2.05) is 0 Å². The quantitative estimate of drug-likeness (QED) is 0.526. The summed E-state index contributed by atoms with van der Waals surface area (Å²) >= 11 is 0. The van der Waals surface area contributed by atoms with Crippen LogP contribution in [0.4, 0.5) is 8.78 Å². The van der Waals surface area contributed by atoms with Crippen molar-refractivity contribution in [2.75, 3.05) is 13.2 Å². The minimum Gasteiger partial charge on any atom is -0.486 e. The molecule has 1 saturated carbocycles. The number of benzene rings is 1. The van der Waals surface area contributed by atoms with Gasteiger partial charge in [0.25, 0.3) is 11.8 Å². The van der Waals surface area contributed by atoms with Crippen molar-refractivity contribution in [3.8, 4) is 5.75 Å². The van der Waals surface area contributed by atoms with Crippen molar-refractivity contribution in [3.05, 3.63) is 58.8 Å². The number of ether oxygens (including phenoxy) is 1. The summed E-state index contributed by atoms with van der Waals surface area (Å²) in [7, 11) is 0. The van der Waals surface area contributed by atoms with Crippen molar-refractivity contribution < 1.29 is 27.9 Å². The van der Waals surface area contributed by atoms with Gasteiger partial charge in [0.15, 0.2) is 17.2 Å². The van der Waals surface area contributed by atoms with Crippen molar-refractivity contribution in [1.29, 1.82) is 0 Å². The highest BCUT2D eigenvalue weighted by molar-refractivity contribution is 5.98. The largest absolute Gasteiger partial charge is 0.486 e. The molecule has 11 heteroatoms. The number of ketones is 1. The minimum absolute atomic E-state index is 0.0239. The molecule has 2 aliphatic rings. The van der Waals surface area contributed by atoms with Crippen LogP contribution < -0.4 is 15.4 Å². The number of alkyl halides is 1. The number of halogens is 2. The fraction of sp³-hybridized carbons (Fsp3) is 0.423. The summed E-state index contributed by atoms with van der Waals surface area (Å²) in [5.41, 5.74) is -0.0902. The average molecular weight is 512 g/mol. The van der Waals surface area contributed by atoms with Crippen molar-refractivity contribution in [1.82, 2.24) is 25.2 Å². The van der Waals surface area contributed by atoms with Gasteiger partial charge in [0, 0.05) is 31.1 Å². The fourth-order valence-electron chi connectivity index (χ4n) is 4.74. The number of nitrogens with one attached hydrogen (secondary N) is 2. The van der Waals surface area contributed by atoms with Crippen LogP contribution in [0.1, 0.15) is 64.7 Å². The highest BCUT2D eigenvalue weighted by Gasteiger charge is 2.31. The predicted molar refractivity (Wildman–Crippen MR) is 129 cm³/mol. The zero-order valence-corrected chi connectivity index (χ0v) is 20.4. The lowest BCUT2D eigenvalue weighted by Crippen LogP contribution is -2.35. The molecule has 1 aliphatic heterocycles. The summed E-state index contributed by atoms with van der Waals surface area (Å²) in [5.74, 6) is -1.14. The lowest BCUT2D eigenvalue weighted by atomic mass is 9.81. The second kappa shape index (κ2) is 9.87. The van der Waals surface area contributed by atoms with Crippen LogP contribution in [0.2, 0.25) is 0 Å². The molecule has 194 valence electrons. The Kier molecular flexibility index (Phi) is 6.61. The molecule has 0 spiro atoms. The third-order valence-corrected chi connectivity index (χ3v) is 6.95. The predicted octanol–water partition coefficient (Wildman–Crippen LogP) is 2.95. The molecule has 5 rings (SSSR count). The van der Waals surface area contributed by atoms with Crippen molar-refractivity contribution in [2.45, 2.75) is 51.2 Å². The van der Waals surface area contributed by atoms with Crippen LogP contribution in [0.3, 0.4) is 0 Å². The number of rotatable bonds is 6. The van der Waals surface area contributed by atoms with Crippen molar-refractivity contribution in [3.63, 3.8) is 0 Å². The lowest BCUT2D eigenvalue weighted by molar-refractivity contribution is -0.121. The van der Waals surface area contributed by atoms with Crippen LogP contribution in [0.15, 0.2) is 30.5 Å². The van der Waals surface area contributed by atoms with Gasteiger partial charge in [-0.05, 0) is 56.2 Å². The average Bonchev–Trinajstić information content (AvgIpc) is 3.26. The molecule has 3 aromatic rings. The number of carbonyl (C=O) groups is 3. The Bertz CT molecular complexity index is 1380. The second-order valence-electron chi connectivity index (χ2n) is 9.95. The summed E-state index contributed by atoms with van der Waals surface area (Å²) in [6, 6.07) is 6.58. The van der Waals surface area contributed by atoms with Gasteiger partial charge in [-0.3, -0.25) is 14.4 Å². The number of nitrogens with zero attached hydrogens (tertiary/aromatic N) is 3. The second-order valence-corrected chi connectivity index (χ2v) is 9.95. The van der Waals surface area contributed by atoms with Gasteiger partial charge in [0.1, 0.15) is 29.4 Å². The van der Waals surface area contributed by atoms with Crippen LogP contribution in [0, 0.1) is 11.7 Å². The molecular formula is C26H27F2N5O4. The first kappa shape index (κ1) is 24.8. The first-order valence-corrected chi connectivity index (χ1v) is 12.2. The third-order valence-electron chi connectivity index (χ3n) is 6.95. The first-order chi connectivity index (χ1) is 17.7. The van der Waals surface area contributed by atoms with Crippen LogP contribution >= 0.6 is 0 Å². The van der Waals surface area contributed by atoms with E-state index in [-0.39, 0.29) is 48.3 Å². The lowest BCUT2D eigenvalue weighted by Gasteiger charge is -2.31. The van der Waals surface area contributed by atoms with Gasteiger partial charge >= 0.3 is 0 Å². The Hall–Kier alpha value is -3.89. The maximum absolute atomic E-state index is 14.3. The molecular weight excluding hydrogens is 484 g/mol. The van der Waals surface area contributed by atoms with E-state index in [4.69, 9.17) is 4.74 Å². The fourth-order valence-corrected chi connectivity index (χ4v) is 4.74. The van der Waals surface area contributed by atoms with Crippen LogP contribution in [-0.4, -0.2) is 51.0 Å². The van der Waals surface area contributed by atoms with Crippen LogP contribution in [0.5, 0.6) is 5.75 Å². The van der Waals surface area contributed by atoms with Gasteiger partial charge in [0.2, 0.25) is 0 Å². The topological polar surface area (TPSA) is 115 Å². The molecule has 2 aromatic heterocycles. The third kappa shape index (κ3) is 5.45. The molecule has 3 heterocycles. The van der Waals surface area contributed by atoms with Gasteiger partial charge in [0.05, 0.1) is 6.20 Å². The van der Waals surface area contributed by atoms with E-state index >= 15 is 0 Å². The molecule has 0 atom stereocenters. The van der Waals surface area contributed by atoms with Crippen molar-refractivity contribution in [2.24, 2.45) is 5.92 Å². The maximum Gasteiger partial charge on any atom is 0.270 e. The molecule has 0 bridgehead atoms. The Morgan fingerprint density at radius 1 is 1.19 bits per heavy atom. The molecule has 1 aromatic carbocycles. The number of carbonyl (C=O) groups excluding carboxylic acids is 3. The molecule has 1 aliphatic carbocycles. The smallest absolute Gasteiger partial charge is 0.270 e. The zero-order chi connectivity index (χ0) is 26.2. The Morgan fingerprint density at radius 3 is 2.76 bits per heavy atom. The Labute approximate surface area is 211 Å². The summed E-state index contributed by atoms with van der Waals surface area (Å²) in [4.78, 5) is 41.6. The van der Waals surface area contributed by atoms with Crippen LogP contribution in [-0.2, 0) is 17.8 Å². The van der Waals surface area contributed by atoms with Crippen molar-refractivity contribution >= 4 is 23.2 Å². The highest BCUT2D eigenvalue weighted by atomic mass is 19.1. The number of hydrogen-bond acceptors (Lipinski definition) is 6. The number of hydrogen-bond donors (Lipinski definition) is 2. The van der Waals surface area contributed by atoms with Gasteiger partial charge in [-0.1, -0.05) is 6.07 Å². The molecule has 2 N–H and O–H groups in total. The normalized spacial score (nSPS) is 21.3. The molecule has 1 fully saturated rings. The molecule has 2 amide bonds. The molecule has 37 heavy (non-hydrogen) atoms. The Morgan fingerprint density at radius 2 is 1.97 bits per heavy atom. The Balaban J connectivity index is 1.29. The van der Waals surface area contributed by atoms with E-state index in [1.54, 1.807) is 25.1 Å². The number of aromatic nitrogens is 3. The molecule has 0 saturated heterocycles. The van der Waals surface area contributed by atoms with E-state index in [1.165, 1.54) is 6.07 Å². The zero-order valence-electron chi connectivity index (χ0n) is 20.4. The summed E-state index contributed by atoms with van der Waals surface area (Å²) < 4.78 is 34.9. The standard InChI is InChI=1S/C26H27F2N5O4/c1-26(28)6-4-15(5-7-26)11-30-25(36)21-10-20(32-23-19(27)13-31-33(21)23)24(35)29-12-16-2-3-22-17(8-16)9-18(34)14-37-22/h2-3,8,10,13,15H,4-7,9,11-12,14H2,1H3,(H,29,35)(H,30,36). The van der Waals surface area contributed by atoms with E-state index in [0.29, 0.717) is 38.0 Å². The van der Waals surface area contributed by atoms with E-state index in [9.17, 15) is 23.2 Å². The monoisotopic (exact) mass is 511 g/mol. The highest BCUT2D eigenvalue weighted by Crippen LogP contribution is 2.34. The summed E-state index contributed by atoms with van der Waals surface area (Å²) in [6.07, 6.45) is 3.39. The van der Waals surface area contributed by atoms with Gasteiger partial charge in [-0.15, -0.1) is 0 Å². The van der Waals surface area contributed by atoms with Crippen LogP contribution in [0.25, 0.3) is 5.65 Å². The minimum atomic E-state index is -1.17.